The van der Waals surface area contributed by atoms with Crippen LogP contribution in [0.1, 0.15) is 5.69 Å². The summed E-state index contributed by atoms with van der Waals surface area (Å²) in [6.45, 7) is 1.87. The van der Waals surface area contributed by atoms with Crippen LogP contribution in [0.5, 0.6) is 17.5 Å². The smallest absolute Gasteiger partial charge is 0.264 e. The lowest BCUT2D eigenvalue weighted by Gasteiger charge is -2.11. The highest BCUT2D eigenvalue weighted by Crippen LogP contribution is 2.34. The Morgan fingerprint density at radius 1 is 1.03 bits per heavy atom. The summed E-state index contributed by atoms with van der Waals surface area (Å²) < 4.78 is 52.8. The van der Waals surface area contributed by atoms with Crippen molar-refractivity contribution in [3.8, 4) is 28.8 Å². The number of aromatic amines is 1. The molecule has 0 radical (unpaired) electrons. The van der Waals surface area contributed by atoms with Gasteiger partial charge in [0, 0.05) is 29.2 Å². The predicted octanol–water partition coefficient (Wildman–Crippen LogP) is 5.07. The molecule has 5 rings (SSSR count). The van der Waals surface area contributed by atoms with E-state index in [1.54, 1.807) is 48.7 Å². The second-order valence-corrected chi connectivity index (χ2v) is 9.46. The Morgan fingerprint density at radius 3 is 2.56 bits per heavy atom. The van der Waals surface area contributed by atoms with Gasteiger partial charge >= 0.3 is 0 Å². The Balaban J connectivity index is 1.47. The molecular formula is C25H20FN5O4S. The molecule has 36 heavy (non-hydrogen) atoms. The largest absolute Gasteiger partial charge is 0.481 e. The third-order valence-electron chi connectivity index (χ3n) is 5.37. The van der Waals surface area contributed by atoms with Crippen molar-refractivity contribution in [3.05, 3.63) is 84.4 Å². The van der Waals surface area contributed by atoms with Crippen molar-refractivity contribution in [2.75, 3.05) is 11.8 Å². The molecule has 2 aromatic carbocycles. The van der Waals surface area contributed by atoms with Gasteiger partial charge in [0.2, 0.25) is 11.8 Å². The lowest BCUT2D eigenvalue weighted by atomic mass is 10.1. The number of ether oxygens (including phenoxy) is 2. The summed E-state index contributed by atoms with van der Waals surface area (Å²) in [5, 5.41) is 8.01. The van der Waals surface area contributed by atoms with E-state index < -0.39 is 20.7 Å². The highest BCUT2D eigenvalue weighted by molar-refractivity contribution is 7.92. The Kier molecular flexibility index (Phi) is 5.98. The molecule has 3 heterocycles. The van der Waals surface area contributed by atoms with Crippen molar-refractivity contribution < 1.29 is 22.3 Å². The minimum Gasteiger partial charge on any atom is -0.481 e. The van der Waals surface area contributed by atoms with Crippen LogP contribution >= 0.6 is 0 Å². The quantitative estimate of drug-likeness (QED) is 0.317. The number of aromatic nitrogens is 4. The molecule has 3 aromatic heterocycles. The number of nitrogens with zero attached hydrogens (tertiary/aromatic N) is 3. The summed E-state index contributed by atoms with van der Waals surface area (Å²) in [4.78, 5) is 8.34. The lowest BCUT2D eigenvalue weighted by molar-refractivity contribution is 0.391. The van der Waals surface area contributed by atoms with Crippen LogP contribution < -0.4 is 14.2 Å². The van der Waals surface area contributed by atoms with Gasteiger partial charge in [-0.25, -0.2) is 22.8 Å². The molecule has 0 aliphatic rings. The highest BCUT2D eigenvalue weighted by Gasteiger charge is 2.19. The SMILES string of the molecule is COc1cc(Oc2nc(-c3ccc(NS(=O)(=O)c4ccccc4F)cc3)cc3n[nH]c(C)c23)ccn1. The van der Waals surface area contributed by atoms with Crippen LogP contribution in [-0.2, 0) is 10.0 Å². The van der Waals surface area contributed by atoms with Crippen LogP contribution in [0.3, 0.4) is 0 Å². The van der Waals surface area contributed by atoms with Crippen LogP contribution in [0.4, 0.5) is 10.1 Å². The standard InChI is InChI=1S/C25H20FN5O4S/c1-15-24-21(30-29-15)14-20(28-25(24)35-18-11-12-27-23(13-18)34-2)16-7-9-17(10-8-16)31-36(32,33)22-6-4-3-5-19(22)26/h3-14,31H,1-2H3,(H,29,30). The molecule has 9 nitrogen and oxygen atoms in total. The molecule has 0 fully saturated rings. The Hall–Kier alpha value is -4.51. The first-order valence-corrected chi connectivity index (χ1v) is 12.2. The van der Waals surface area contributed by atoms with Crippen LogP contribution in [0.15, 0.2) is 77.8 Å². The maximum absolute atomic E-state index is 14.0. The zero-order chi connectivity index (χ0) is 25.3. The van der Waals surface area contributed by atoms with Crippen LogP contribution in [0.2, 0.25) is 0 Å². The van der Waals surface area contributed by atoms with Crippen molar-refractivity contribution >= 4 is 26.6 Å². The fourth-order valence-corrected chi connectivity index (χ4v) is 4.77. The number of halogens is 1. The summed E-state index contributed by atoms with van der Waals surface area (Å²) >= 11 is 0. The zero-order valence-corrected chi connectivity index (χ0v) is 20.0. The van der Waals surface area contributed by atoms with Gasteiger partial charge in [0.1, 0.15) is 16.5 Å². The molecule has 182 valence electrons. The molecule has 11 heteroatoms. The summed E-state index contributed by atoms with van der Waals surface area (Å²) in [6.07, 6.45) is 1.57. The minimum absolute atomic E-state index is 0.277. The normalized spacial score (nSPS) is 11.4. The molecule has 0 bridgehead atoms. The molecule has 0 unspecified atom stereocenters. The highest BCUT2D eigenvalue weighted by atomic mass is 32.2. The maximum atomic E-state index is 14.0. The van der Waals surface area contributed by atoms with Crippen LogP contribution in [0.25, 0.3) is 22.2 Å². The molecule has 0 aliphatic carbocycles. The Labute approximate surface area is 206 Å². The number of methoxy groups -OCH3 is 1. The van der Waals surface area contributed by atoms with Crippen molar-refractivity contribution in [2.45, 2.75) is 11.8 Å². The molecule has 0 amide bonds. The fraction of sp³-hybridized carbons (Fsp3) is 0.0800. The summed E-state index contributed by atoms with van der Waals surface area (Å²) in [5.41, 5.74) is 2.98. The first-order valence-electron chi connectivity index (χ1n) is 10.8. The number of pyridine rings is 2. The van der Waals surface area contributed by atoms with Gasteiger partial charge < -0.3 is 9.47 Å². The lowest BCUT2D eigenvalue weighted by Crippen LogP contribution is -2.14. The molecule has 5 aromatic rings. The van der Waals surface area contributed by atoms with Crippen LogP contribution in [-0.4, -0.2) is 35.7 Å². The molecular weight excluding hydrogens is 485 g/mol. The number of rotatable bonds is 7. The van der Waals surface area contributed by atoms with E-state index in [1.807, 2.05) is 6.92 Å². The van der Waals surface area contributed by atoms with Gasteiger partial charge in [0.25, 0.3) is 10.0 Å². The number of nitrogens with one attached hydrogen (secondary N) is 2. The monoisotopic (exact) mass is 505 g/mol. The minimum atomic E-state index is -4.08. The second kappa shape index (κ2) is 9.27. The van der Waals surface area contributed by atoms with E-state index >= 15 is 0 Å². The number of H-pyrrole nitrogens is 1. The van der Waals surface area contributed by atoms with E-state index in [2.05, 4.69) is 24.9 Å². The van der Waals surface area contributed by atoms with Gasteiger partial charge in [-0.1, -0.05) is 24.3 Å². The average molecular weight is 506 g/mol. The third kappa shape index (κ3) is 4.56. The Morgan fingerprint density at radius 2 is 1.81 bits per heavy atom. The summed E-state index contributed by atoms with van der Waals surface area (Å²) in [5.74, 6) is 0.405. The van der Waals surface area contributed by atoms with E-state index in [1.165, 1.54) is 25.3 Å². The zero-order valence-electron chi connectivity index (χ0n) is 19.2. The van der Waals surface area contributed by atoms with Gasteiger partial charge in [0.15, 0.2) is 0 Å². The first-order chi connectivity index (χ1) is 17.3. The van der Waals surface area contributed by atoms with E-state index in [9.17, 15) is 12.8 Å². The molecule has 0 saturated heterocycles. The van der Waals surface area contributed by atoms with Gasteiger partial charge in [-0.15, -0.1) is 0 Å². The average Bonchev–Trinajstić information content (AvgIpc) is 3.25. The maximum Gasteiger partial charge on any atom is 0.264 e. The van der Waals surface area contributed by atoms with Crippen molar-refractivity contribution in [1.29, 1.82) is 0 Å². The number of anilines is 1. The molecule has 0 saturated carbocycles. The fourth-order valence-electron chi connectivity index (χ4n) is 3.63. The number of hydrogen-bond donors (Lipinski definition) is 2. The predicted molar refractivity (Wildman–Crippen MR) is 132 cm³/mol. The third-order valence-corrected chi connectivity index (χ3v) is 6.79. The molecule has 0 aliphatic heterocycles. The first kappa shape index (κ1) is 23.2. The molecule has 2 N–H and O–H groups in total. The van der Waals surface area contributed by atoms with Crippen molar-refractivity contribution in [3.63, 3.8) is 0 Å². The molecule has 0 atom stereocenters. The van der Waals surface area contributed by atoms with Crippen LogP contribution in [0, 0.1) is 12.7 Å². The van der Waals surface area contributed by atoms with E-state index in [0.717, 1.165) is 17.1 Å². The topological polar surface area (TPSA) is 119 Å². The van der Waals surface area contributed by atoms with Gasteiger partial charge in [-0.05, 0) is 43.3 Å². The Bertz CT molecular complexity index is 1670. The van der Waals surface area contributed by atoms with E-state index in [4.69, 9.17) is 9.47 Å². The van der Waals surface area contributed by atoms with Gasteiger partial charge in [-0.3, -0.25) is 9.82 Å². The summed E-state index contributed by atoms with van der Waals surface area (Å²) in [7, 11) is -2.57. The van der Waals surface area contributed by atoms with Crippen molar-refractivity contribution in [2.24, 2.45) is 0 Å². The summed E-state index contributed by atoms with van der Waals surface area (Å²) in [6, 6.07) is 16.9. The number of fused-ring (bicyclic) bond motifs is 1. The second-order valence-electron chi connectivity index (χ2n) is 7.80. The molecule has 0 spiro atoms. The number of hydrogen-bond acceptors (Lipinski definition) is 7. The van der Waals surface area contributed by atoms with E-state index in [0.29, 0.717) is 34.3 Å². The van der Waals surface area contributed by atoms with Gasteiger partial charge in [-0.2, -0.15) is 5.10 Å². The van der Waals surface area contributed by atoms with Gasteiger partial charge in [0.05, 0.1) is 23.7 Å². The van der Waals surface area contributed by atoms with Crippen molar-refractivity contribution in [1.82, 2.24) is 20.2 Å². The number of benzene rings is 2. The number of sulfonamides is 1. The van der Waals surface area contributed by atoms with E-state index in [-0.39, 0.29) is 5.69 Å². The number of aryl methyl sites for hydroxylation is 1.